The van der Waals surface area contributed by atoms with Crippen molar-refractivity contribution in [3.63, 3.8) is 0 Å². The minimum absolute atomic E-state index is 0.271. The first-order chi connectivity index (χ1) is 14.2. The van der Waals surface area contributed by atoms with Gasteiger partial charge >= 0.3 is 5.97 Å². The van der Waals surface area contributed by atoms with Gasteiger partial charge in [-0.25, -0.2) is 14.8 Å². The van der Waals surface area contributed by atoms with Crippen LogP contribution in [0.2, 0.25) is 0 Å². The maximum absolute atomic E-state index is 12.8. The number of carbonyl (C=O) groups excluding carboxylic acids is 1. The lowest BCUT2D eigenvalue weighted by Gasteiger charge is -2.20. The van der Waals surface area contributed by atoms with E-state index in [-0.39, 0.29) is 12.2 Å². The van der Waals surface area contributed by atoms with Gasteiger partial charge in [0, 0.05) is 0 Å². The lowest BCUT2D eigenvalue weighted by atomic mass is 9.90. The number of esters is 1. The molecule has 0 saturated carbocycles. The summed E-state index contributed by atoms with van der Waals surface area (Å²) in [6.07, 6.45) is 4.38. The predicted molar refractivity (Wildman–Crippen MR) is 113 cm³/mol. The van der Waals surface area contributed by atoms with Crippen LogP contribution in [0.1, 0.15) is 41.3 Å². The van der Waals surface area contributed by atoms with Gasteiger partial charge in [0.05, 0.1) is 23.3 Å². The van der Waals surface area contributed by atoms with Crippen LogP contribution in [0, 0.1) is 0 Å². The summed E-state index contributed by atoms with van der Waals surface area (Å²) in [7, 11) is 0. The Hall–Kier alpha value is -3.41. The number of hydrogen-bond acceptors (Lipinski definition) is 5. The summed E-state index contributed by atoms with van der Waals surface area (Å²) in [5.41, 5.74) is 13.0. The van der Waals surface area contributed by atoms with Gasteiger partial charge in [-0.15, -0.1) is 0 Å². The SMILES string of the molecule is CCOC(=O)c1c(N)n(-c2cccc3c2CCCC3)c2nc3ccccc3nc12. The van der Waals surface area contributed by atoms with Crippen molar-refractivity contribution in [1.29, 1.82) is 0 Å². The van der Waals surface area contributed by atoms with Crippen molar-refractivity contribution in [2.45, 2.75) is 32.6 Å². The van der Waals surface area contributed by atoms with Gasteiger partial charge in [0.25, 0.3) is 0 Å². The second kappa shape index (κ2) is 6.88. The molecule has 1 aliphatic carbocycles. The highest BCUT2D eigenvalue weighted by molar-refractivity contribution is 6.09. The van der Waals surface area contributed by atoms with E-state index in [0.29, 0.717) is 17.0 Å². The van der Waals surface area contributed by atoms with Crippen LogP contribution in [0.5, 0.6) is 0 Å². The van der Waals surface area contributed by atoms with E-state index in [0.717, 1.165) is 36.0 Å². The van der Waals surface area contributed by atoms with Crippen molar-refractivity contribution < 1.29 is 9.53 Å². The minimum Gasteiger partial charge on any atom is -0.462 e. The molecular formula is C23H22N4O2. The molecule has 6 nitrogen and oxygen atoms in total. The Balaban J connectivity index is 1.87. The van der Waals surface area contributed by atoms with Crippen molar-refractivity contribution >= 4 is 34.0 Å². The van der Waals surface area contributed by atoms with Gasteiger partial charge < -0.3 is 10.5 Å². The number of carbonyl (C=O) groups is 1. The highest BCUT2D eigenvalue weighted by Crippen LogP contribution is 2.35. The summed E-state index contributed by atoms with van der Waals surface area (Å²) in [5, 5.41) is 0. The Bertz CT molecular complexity index is 1260. The summed E-state index contributed by atoms with van der Waals surface area (Å²) in [4.78, 5) is 22.3. The molecule has 0 radical (unpaired) electrons. The van der Waals surface area contributed by atoms with Gasteiger partial charge in [-0.05, 0) is 61.9 Å². The van der Waals surface area contributed by atoms with Crippen LogP contribution >= 0.6 is 0 Å². The molecule has 146 valence electrons. The van der Waals surface area contributed by atoms with E-state index in [9.17, 15) is 4.79 Å². The molecular weight excluding hydrogens is 364 g/mol. The number of nitrogens with two attached hydrogens (primary N) is 1. The fourth-order valence-corrected chi connectivity index (χ4v) is 4.28. The van der Waals surface area contributed by atoms with E-state index < -0.39 is 5.97 Å². The molecule has 0 saturated heterocycles. The number of para-hydroxylation sites is 2. The average molecular weight is 386 g/mol. The molecule has 4 aromatic rings. The summed E-state index contributed by atoms with van der Waals surface area (Å²) in [6, 6.07) is 13.9. The lowest BCUT2D eigenvalue weighted by molar-refractivity contribution is 0.0529. The first kappa shape index (κ1) is 17.7. The van der Waals surface area contributed by atoms with Gasteiger partial charge in [0.15, 0.2) is 5.65 Å². The van der Waals surface area contributed by atoms with E-state index in [1.165, 1.54) is 17.5 Å². The van der Waals surface area contributed by atoms with E-state index >= 15 is 0 Å². The molecule has 0 spiro atoms. The van der Waals surface area contributed by atoms with Crippen LogP contribution in [0.15, 0.2) is 42.5 Å². The number of nitrogens with zero attached hydrogens (tertiary/aromatic N) is 3. The first-order valence-electron chi connectivity index (χ1n) is 10.0. The van der Waals surface area contributed by atoms with Crippen LogP contribution in [0.4, 0.5) is 5.82 Å². The maximum Gasteiger partial charge on any atom is 0.344 e. The Morgan fingerprint density at radius 1 is 1.07 bits per heavy atom. The number of aryl methyl sites for hydroxylation is 1. The third-order valence-electron chi connectivity index (χ3n) is 5.59. The molecule has 0 amide bonds. The fraction of sp³-hybridized carbons (Fsp3) is 0.261. The van der Waals surface area contributed by atoms with Gasteiger partial charge in [0.1, 0.15) is 16.9 Å². The summed E-state index contributed by atoms with van der Waals surface area (Å²) in [6.45, 7) is 2.05. The molecule has 0 aliphatic heterocycles. The van der Waals surface area contributed by atoms with Crippen LogP contribution in [-0.2, 0) is 17.6 Å². The summed E-state index contributed by atoms with van der Waals surface area (Å²) < 4.78 is 7.17. The summed E-state index contributed by atoms with van der Waals surface area (Å²) >= 11 is 0. The third kappa shape index (κ3) is 2.75. The molecule has 0 bridgehead atoms. The van der Waals surface area contributed by atoms with Crippen molar-refractivity contribution in [3.05, 3.63) is 59.2 Å². The number of anilines is 1. The Labute approximate surface area is 168 Å². The molecule has 0 unspecified atom stereocenters. The highest BCUT2D eigenvalue weighted by atomic mass is 16.5. The molecule has 0 atom stereocenters. The number of rotatable bonds is 3. The number of fused-ring (bicyclic) bond motifs is 3. The smallest absolute Gasteiger partial charge is 0.344 e. The number of ether oxygens (including phenoxy) is 1. The lowest BCUT2D eigenvalue weighted by Crippen LogP contribution is -2.12. The zero-order chi connectivity index (χ0) is 20.0. The molecule has 6 heteroatoms. The molecule has 29 heavy (non-hydrogen) atoms. The number of nitrogen functional groups attached to an aromatic ring is 1. The molecule has 2 heterocycles. The number of hydrogen-bond donors (Lipinski definition) is 1. The molecule has 2 aromatic heterocycles. The first-order valence-corrected chi connectivity index (χ1v) is 10.0. The Morgan fingerprint density at radius 2 is 1.83 bits per heavy atom. The van der Waals surface area contributed by atoms with Crippen molar-refractivity contribution in [3.8, 4) is 5.69 Å². The highest BCUT2D eigenvalue weighted by Gasteiger charge is 2.27. The molecule has 0 fully saturated rings. The largest absolute Gasteiger partial charge is 0.462 e. The van der Waals surface area contributed by atoms with E-state index in [1.807, 2.05) is 41.0 Å². The predicted octanol–water partition coefficient (Wildman–Crippen LogP) is 4.21. The standard InChI is InChI=1S/C23H22N4O2/c1-2-29-23(28)19-20-22(26-17-12-6-5-11-16(17)25-20)27(21(19)24)18-13-7-9-14-8-3-4-10-15(14)18/h5-7,9,11-13H,2-4,8,10,24H2,1H3. The van der Waals surface area contributed by atoms with Gasteiger partial charge in [-0.2, -0.15) is 0 Å². The second-order valence-electron chi connectivity index (χ2n) is 7.32. The normalized spacial score (nSPS) is 13.6. The van der Waals surface area contributed by atoms with Gasteiger partial charge in [-0.3, -0.25) is 4.57 Å². The molecule has 1 aliphatic rings. The van der Waals surface area contributed by atoms with Crippen molar-refractivity contribution in [2.24, 2.45) is 0 Å². The zero-order valence-electron chi connectivity index (χ0n) is 16.3. The van der Waals surface area contributed by atoms with Crippen molar-refractivity contribution in [2.75, 3.05) is 12.3 Å². The topological polar surface area (TPSA) is 83.0 Å². The van der Waals surface area contributed by atoms with Gasteiger partial charge in [-0.1, -0.05) is 24.3 Å². The molecule has 2 N–H and O–H groups in total. The van der Waals surface area contributed by atoms with E-state index in [1.54, 1.807) is 6.92 Å². The number of benzene rings is 2. The van der Waals surface area contributed by atoms with Gasteiger partial charge in [0.2, 0.25) is 0 Å². The second-order valence-corrected chi connectivity index (χ2v) is 7.32. The minimum atomic E-state index is -0.469. The van der Waals surface area contributed by atoms with Crippen LogP contribution in [-0.4, -0.2) is 27.1 Å². The average Bonchev–Trinajstić information content (AvgIpc) is 3.02. The molecule has 2 aromatic carbocycles. The zero-order valence-corrected chi connectivity index (χ0v) is 16.3. The quantitative estimate of drug-likeness (QED) is 0.533. The Kier molecular flexibility index (Phi) is 4.19. The van der Waals surface area contributed by atoms with E-state index in [2.05, 4.69) is 6.07 Å². The fourth-order valence-electron chi connectivity index (χ4n) is 4.28. The third-order valence-corrected chi connectivity index (χ3v) is 5.59. The monoisotopic (exact) mass is 386 g/mol. The number of aromatic nitrogens is 3. The van der Waals surface area contributed by atoms with Crippen LogP contribution in [0.25, 0.3) is 27.9 Å². The summed E-state index contributed by atoms with van der Waals surface area (Å²) in [5.74, 6) is -0.143. The van der Waals surface area contributed by atoms with Crippen molar-refractivity contribution in [1.82, 2.24) is 14.5 Å². The molecule has 5 rings (SSSR count). The Morgan fingerprint density at radius 3 is 2.62 bits per heavy atom. The maximum atomic E-state index is 12.8. The van der Waals surface area contributed by atoms with E-state index in [4.69, 9.17) is 20.4 Å². The van der Waals surface area contributed by atoms with Crippen LogP contribution in [0.3, 0.4) is 0 Å². The van der Waals surface area contributed by atoms with Crippen LogP contribution < -0.4 is 5.73 Å².